The zero-order valence-electron chi connectivity index (χ0n) is 11.5. The average Bonchev–Trinajstić information content (AvgIpc) is 2.27. The van der Waals surface area contributed by atoms with Crippen molar-refractivity contribution in [1.29, 1.82) is 0 Å². The van der Waals surface area contributed by atoms with Crippen LogP contribution < -0.4 is 0 Å². The standard InChI is InChI=1S/C14H19O4P/c1-4-18-14(16)12-7-5-6-11(8-12)9-13(15)10-19(2,3)17/h5-8H,4,9-10H2,1-3H3. The molecule has 1 rings (SSSR count). The van der Waals surface area contributed by atoms with Crippen LogP contribution in [0.3, 0.4) is 0 Å². The van der Waals surface area contributed by atoms with Gasteiger partial charge in [0.25, 0.3) is 0 Å². The van der Waals surface area contributed by atoms with Crippen molar-refractivity contribution in [1.82, 2.24) is 0 Å². The number of rotatable bonds is 6. The van der Waals surface area contributed by atoms with Gasteiger partial charge < -0.3 is 9.30 Å². The molecule has 0 spiro atoms. The van der Waals surface area contributed by atoms with Gasteiger partial charge in [-0.15, -0.1) is 0 Å². The first-order valence-corrected chi connectivity index (χ1v) is 8.92. The van der Waals surface area contributed by atoms with Gasteiger partial charge in [0, 0.05) is 6.42 Å². The first-order valence-electron chi connectivity index (χ1n) is 6.13. The molecule has 0 atom stereocenters. The van der Waals surface area contributed by atoms with E-state index in [0.717, 1.165) is 5.56 Å². The van der Waals surface area contributed by atoms with Gasteiger partial charge in [0.15, 0.2) is 0 Å². The first kappa shape index (κ1) is 15.6. The summed E-state index contributed by atoms with van der Waals surface area (Å²) >= 11 is 0. The highest BCUT2D eigenvalue weighted by Gasteiger charge is 2.15. The van der Waals surface area contributed by atoms with Crippen LogP contribution in [0.5, 0.6) is 0 Å². The second kappa shape index (κ2) is 6.67. The van der Waals surface area contributed by atoms with Gasteiger partial charge in [-0.1, -0.05) is 12.1 Å². The predicted octanol–water partition coefficient (Wildman–Crippen LogP) is 2.60. The van der Waals surface area contributed by atoms with E-state index in [0.29, 0.717) is 12.2 Å². The molecule has 0 saturated carbocycles. The van der Waals surface area contributed by atoms with Crippen LogP contribution in [0.2, 0.25) is 0 Å². The van der Waals surface area contributed by atoms with Crippen LogP contribution in [0.4, 0.5) is 0 Å². The van der Waals surface area contributed by atoms with Crippen molar-refractivity contribution in [2.45, 2.75) is 13.3 Å². The number of Topliss-reactive ketones (excluding diaryl/α,β-unsaturated/α-hetero) is 1. The van der Waals surface area contributed by atoms with E-state index in [1.54, 1.807) is 44.5 Å². The van der Waals surface area contributed by atoms with Crippen molar-refractivity contribution >= 4 is 18.9 Å². The molecule has 0 aliphatic heterocycles. The fourth-order valence-corrected chi connectivity index (χ4v) is 2.69. The van der Waals surface area contributed by atoms with E-state index in [2.05, 4.69) is 0 Å². The van der Waals surface area contributed by atoms with Gasteiger partial charge in [-0.25, -0.2) is 4.79 Å². The van der Waals surface area contributed by atoms with E-state index in [1.807, 2.05) is 0 Å². The van der Waals surface area contributed by atoms with Crippen molar-refractivity contribution in [3.8, 4) is 0 Å². The van der Waals surface area contributed by atoms with Crippen molar-refractivity contribution in [3.63, 3.8) is 0 Å². The summed E-state index contributed by atoms with van der Waals surface area (Å²) in [6.07, 6.45) is 0.287. The summed E-state index contributed by atoms with van der Waals surface area (Å²) in [6.45, 7) is 5.25. The van der Waals surface area contributed by atoms with Crippen LogP contribution in [0.25, 0.3) is 0 Å². The van der Waals surface area contributed by atoms with Crippen LogP contribution in [0.1, 0.15) is 22.8 Å². The minimum atomic E-state index is -2.34. The molecular formula is C14H19O4P. The number of carbonyl (C=O) groups excluding carboxylic acids is 2. The monoisotopic (exact) mass is 282 g/mol. The third-order valence-corrected chi connectivity index (χ3v) is 3.51. The van der Waals surface area contributed by atoms with Crippen LogP contribution in [-0.4, -0.2) is 37.9 Å². The zero-order chi connectivity index (χ0) is 14.5. The number of ether oxygens (including phenoxy) is 1. The lowest BCUT2D eigenvalue weighted by molar-refractivity contribution is -0.116. The van der Waals surface area contributed by atoms with E-state index >= 15 is 0 Å². The van der Waals surface area contributed by atoms with Crippen molar-refractivity contribution in [2.24, 2.45) is 0 Å². The van der Waals surface area contributed by atoms with Crippen LogP contribution >= 0.6 is 7.14 Å². The Morgan fingerprint density at radius 2 is 1.95 bits per heavy atom. The lowest BCUT2D eigenvalue weighted by atomic mass is 10.1. The van der Waals surface area contributed by atoms with E-state index in [9.17, 15) is 14.2 Å². The molecule has 0 aromatic heterocycles. The van der Waals surface area contributed by atoms with Crippen LogP contribution in [-0.2, 0) is 20.5 Å². The molecule has 1 aromatic carbocycles. The molecule has 0 bridgehead atoms. The molecule has 0 aliphatic carbocycles. The summed E-state index contributed by atoms with van der Waals surface area (Å²) in [6, 6.07) is 6.78. The van der Waals surface area contributed by atoms with Gasteiger partial charge in [0.2, 0.25) is 0 Å². The molecule has 0 N–H and O–H groups in total. The van der Waals surface area contributed by atoms with Gasteiger partial charge in [-0.3, -0.25) is 4.79 Å². The Morgan fingerprint density at radius 1 is 1.26 bits per heavy atom. The molecule has 0 saturated heterocycles. The molecule has 0 radical (unpaired) electrons. The van der Waals surface area contributed by atoms with Gasteiger partial charge in [-0.2, -0.15) is 0 Å². The quantitative estimate of drug-likeness (QED) is 0.594. The summed E-state index contributed by atoms with van der Waals surface area (Å²) in [5.41, 5.74) is 1.17. The Bertz CT molecular complexity index is 516. The third kappa shape index (κ3) is 5.84. The highest BCUT2D eigenvalue weighted by molar-refractivity contribution is 7.63. The average molecular weight is 282 g/mol. The summed E-state index contributed by atoms with van der Waals surface area (Å²) in [4.78, 5) is 23.3. The molecule has 4 nitrogen and oxygen atoms in total. The smallest absolute Gasteiger partial charge is 0.338 e. The number of esters is 1. The number of hydrogen-bond acceptors (Lipinski definition) is 4. The molecule has 5 heteroatoms. The number of benzene rings is 1. The maximum Gasteiger partial charge on any atom is 0.338 e. The number of carbonyl (C=O) groups is 2. The van der Waals surface area contributed by atoms with E-state index in [-0.39, 0.29) is 18.4 Å². The Balaban J connectivity index is 2.75. The minimum absolute atomic E-state index is 0.0747. The lowest BCUT2D eigenvalue weighted by Crippen LogP contribution is -2.10. The molecule has 0 heterocycles. The summed E-state index contributed by atoms with van der Waals surface area (Å²) in [5, 5.41) is 0. The molecule has 1 aromatic rings. The van der Waals surface area contributed by atoms with Crippen LogP contribution in [0, 0.1) is 0 Å². The number of hydrogen-bond donors (Lipinski definition) is 0. The molecule has 0 unspecified atom stereocenters. The molecule has 104 valence electrons. The van der Waals surface area contributed by atoms with Gasteiger partial charge >= 0.3 is 5.97 Å². The molecule has 0 aliphatic rings. The Kier molecular flexibility index (Phi) is 5.49. The largest absolute Gasteiger partial charge is 0.462 e. The zero-order valence-corrected chi connectivity index (χ0v) is 12.4. The second-order valence-corrected chi connectivity index (χ2v) is 8.33. The SMILES string of the molecule is CCOC(=O)c1cccc(CC(=O)CP(C)(C)=O)c1. The Morgan fingerprint density at radius 3 is 2.53 bits per heavy atom. The van der Waals surface area contributed by atoms with Gasteiger partial charge in [0.05, 0.1) is 25.5 Å². The van der Waals surface area contributed by atoms with Gasteiger partial charge in [-0.05, 0) is 37.9 Å². The molecule has 0 fully saturated rings. The minimum Gasteiger partial charge on any atom is -0.462 e. The fraction of sp³-hybridized carbons (Fsp3) is 0.429. The van der Waals surface area contributed by atoms with Crippen molar-refractivity contribution in [2.75, 3.05) is 26.1 Å². The second-order valence-electron chi connectivity index (χ2n) is 4.87. The summed E-state index contributed by atoms with van der Waals surface area (Å²) in [7, 11) is -2.34. The summed E-state index contributed by atoms with van der Waals surface area (Å²) in [5.74, 6) is -0.470. The van der Waals surface area contributed by atoms with Crippen molar-refractivity contribution in [3.05, 3.63) is 35.4 Å². The van der Waals surface area contributed by atoms with Crippen LogP contribution in [0.15, 0.2) is 24.3 Å². The molecule has 0 amide bonds. The topological polar surface area (TPSA) is 60.4 Å². The lowest BCUT2D eigenvalue weighted by Gasteiger charge is -2.07. The van der Waals surface area contributed by atoms with E-state index in [1.165, 1.54) is 0 Å². The van der Waals surface area contributed by atoms with Gasteiger partial charge in [0.1, 0.15) is 5.78 Å². The summed E-state index contributed by atoms with van der Waals surface area (Å²) < 4.78 is 16.5. The fourth-order valence-electron chi connectivity index (χ4n) is 1.73. The van der Waals surface area contributed by atoms with Crippen molar-refractivity contribution < 1.29 is 18.9 Å². The molecule has 19 heavy (non-hydrogen) atoms. The third-order valence-electron chi connectivity index (χ3n) is 2.40. The Hall–Kier alpha value is -1.41. The maximum absolute atomic E-state index is 11.7. The highest BCUT2D eigenvalue weighted by atomic mass is 31.2. The Labute approximate surface area is 113 Å². The maximum atomic E-state index is 11.7. The predicted molar refractivity (Wildman–Crippen MR) is 75.4 cm³/mol. The van der Waals surface area contributed by atoms with E-state index in [4.69, 9.17) is 4.74 Å². The number of ketones is 1. The normalized spacial score (nSPS) is 11.1. The molecular weight excluding hydrogens is 263 g/mol. The first-order chi connectivity index (χ1) is 8.81. The highest BCUT2D eigenvalue weighted by Crippen LogP contribution is 2.35. The van der Waals surface area contributed by atoms with E-state index < -0.39 is 13.1 Å².